The quantitative estimate of drug-likeness (QED) is 0.0196. The zero-order valence-electron chi connectivity index (χ0n) is 77.4. The maximum Gasteiger partial charge on any atom is 0.325 e. The number of nitrogens with two attached hydrogens (primary N) is 4. The van der Waals surface area contributed by atoms with E-state index in [0.717, 1.165) is 0 Å². The molecular formula is C96H120N20O23S. The average Bonchev–Trinajstić information content (AvgIpc) is 1.66. The summed E-state index contributed by atoms with van der Waals surface area (Å²) in [5.41, 5.74) is 27.4. The molecule has 6 aromatic carbocycles. The van der Waals surface area contributed by atoms with E-state index >= 15 is 28.8 Å². The van der Waals surface area contributed by atoms with Gasteiger partial charge in [-0.2, -0.15) is 11.8 Å². The Hall–Kier alpha value is -15.5. The first-order valence-corrected chi connectivity index (χ1v) is 46.8. The molecule has 1 aliphatic rings. The number of aliphatic carboxylic acids is 2. The summed E-state index contributed by atoms with van der Waals surface area (Å²) in [6.45, 7) is 3.96. The second-order valence-corrected chi connectivity index (χ2v) is 35.4. The van der Waals surface area contributed by atoms with Crippen LogP contribution >= 0.6 is 11.8 Å². The predicted molar refractivity (Wildman–Crippen MR) is 512 cm³/mol. The molecule has 0 radical (unpaired) electrons. The highest BCUT2D eigenvalue weighted by molar-refractivity contribution is 7.98. The standard InChI is InChI=1S/C96H120N20O23S/c1-51(2)82(115-92(134)73(44-58-49-102-66-20-11-9-18-63(58)66)107-83(125)64(98)39-54-23-29-59(117)30-24-54)94(136)114-75(46-79(100)121)90(132)110-70(41-55-25-31-60(118)32-26-55)86(128)112-74(45-78(99)120)89(131)109-71(42-56-27-33-61(119)34-28-56)87(129)113-76(47-81(123)124)91(133)111-72(43-57-48-101-65-19-10-8-17-62(57)65)88(130)105-67(35-38-140-4)84(126)108-69(40-53-15-6-5-7-16-53)85(127)106-68(21-12-13-36-97)95(137)116-37-14-22-77(116)93(135)103-50-80(122)104-52(3)96(138)139/h5-11,15-20,23-34,48-49,51-52,64,67-77,82,101-102,117-119H,12-14,21-22,35-47,50,97-98H2,1-4H3,(H2,99,120)(H2,100,121)(H,103,135)(H,104,122)(H,105,130)(H,106,127)(H,107,125)(H,108,126)(H,109,131)(H,110,132)(H,111,133)(H,112,128)(H,113,129)(H,114,136)(H,115,134)(H,123,124)(H,138,139)/t52-,64-,67-,68-,69-,70-,71-,72-,73-,74-,75-,76-,77-,82-/m0/s1. The van der Waals surface area contributed by atoms with Crippen molar-refractivity contribution in [3.8, 4) is 17.2 Å². The van der Waals surface area contributed by atoms with Crippen LogP contribution in [0.4, 0.5) is 0 Å². The Labute approximate surface area is 808 Å². The molecule has 14 atom stereocenters. The number of aromatic nitrogens is 2. The minimum atomic E-state index is -2.16. The molecule has 0 unspecified atom stereocenters. The molecule has 0 spiro atoms. The van der Waals surface area contributed by atoms with E-state index in [4.69, 9.17) is 22.9 Å². The fourth-order valence-corrected chi connectivity index (χ4v) is 16.2. The number of hydrogen-bond acceptors (Lipinski definition) is 24. The Kier molecular flexibility index (Phi) is 40.8. The largest absolute Gasteiger partial charge is 0.508 e. The SMILES string of the molecule is CSCC[C@H](NC(=O)[C@H](Cc1c[nH]c2ccccc12)NC(=O)[C@H](CC(=O)O)NC(=O)[C@H](Cc1ccc(O)cc1)NC(=O)[C@H](CC(N)=O)NC(=O)[C@H](Cc1ccc(O)cc1)NC(=O)[C@H](CC(N)=O)NC(=O)[C@@H](NC(=O)[C@H](Cc1c[nH]c2ccccc12)NC(=O)[C@@H](N)Cc1ccc(O)cc1)C(C)C)C(=O)N[C@@H](Cc1ccccc1)C(=O)N[C@@H](CCCCN)C(=O)N1CCC[C@H]1C(=O)NCC(=O)N[C@@H](C)C(=O)O. The van der Waals surface area contributed by atoms with Crippen molar-refractivity contribution in [3.05, 3.63) is 197 Å². The lowest BCUT2D eigenvalue weighted by atomic mass is 9.99. The van der Waals surface area contributed by atoms with Crippen molar-refractivity contribution in [3.63, 3.8) is 0 Å². The monoisotopic (exact) mass is 1950 g/mol. The number of H-pyrrole nitrogens is 2. The number of carbonyl (C=O) groups excluding carboxylic acids is 16. The van der Waals surface area contributed by atoms with Gasteiger partial charge in [-0.05, 0) is 158 Å². The predicted octanol–water partition coefficient (Wildman–Crippen LogP) is -1.36. The number of phenolic OH excluding ortho intramolecular Hbond substituents is 3. The van der Waals surface area contributed by atoms with E-state index in [1.54, 1.807) is 103 Å². The van der Waals surface area contributed by atoms with Crippen LogP contribution in [0.15, 0.2) is 164 Å². The molecule has 1 saturated heterocycles. The second kappa shape index (κ2) is 52.7. The number of unbranched alkanes of at least 4 members (excludes halogenated alkanes) is 1. The summed E-state index contributed by atoms with van der Waals surface area (Å²) >= 11 is 1.27. The van der Waals surface area contributed by atoms with Gasteiger partial charge in [0.1, 0.15) is 95.8 Å². The third-order valence-corrected chi connectivity index (χ3v) is 23.9. The molecule has 2 aromatic heterocycles. The number of benzene rings is 6. The second-order valence-electron chi connectivity index (χ2n) is 34.4. The van der Waals surface area contributed by atoms with Gasteiger partial charge < -0.3 is 132 Å². The number of primary amides is 2. The Morgan fingerprint density at radius 3 is 1.24 bits per heavy atom. The van der Waals surface area contributed by atoms with Gasteiger partial charge in [-0.3, -0.25) is 86.3 Å². The number of para-hydroxylation sites is 2. The minimum Gasteiger partial charge on any atom is -0.508 e. The van der Waals surface area contributed by atoms with E-state index in [1.807, 2.05) is 0 Å². The molecule has 44 heteroatoms. The van der Waals surface area contributed by atoms with Crippen LogP contribution in [0, 0.1) is 5.92 Å². The van der Waals surface area contributed by atoms with Crippen LogP contribution < -0.4 is 92.1 Å². The van der Waals surface area contributed by atoms with Gasteiger partial charge in [0.15, 0.2) is 0 Å². The number of carboxylic acids is 2. The molecule has 0 aliphatic carbocycles. The molecule has 3 heterocycles. The first kappa shape index (κ1) is 108. The summed E-state index contributed by atoms with van der Waals surface area (Å²) < 4.78 is 0. The summed E-state index contributed by atoms with van der Waals surface area (Å²) in [4.78, 5) is 263. The van der Waals surface area contributed by atoms with E-state index in [1.165, 1.54) is 104 Å². The number of carboxylic acid groups (broad SMARTS) is 2. The first-order valence-electron chi connectivity index (χ1n) is 45.4. The van der Waals surface area contributed by atoms with Crippen molar-refractivity contribution in [2.75, 3.05) is 31.6 Å². The van der Waals surface area contributed by atoms with Crippen LogP contribution in [-0.4, -0.2) is 263 Å². The van der Waals surface area contributed by atoms with Gasteiger partial charge in [-0.15, -0.1) is 0 Å². The fourth-order valence-electron chi connectivity index (χ4n) is 15.8. The number of amides is 16. The maximum atomic E-state index is 15.3. The van der Waals surface area contributed by atoms with Gasteiger partial charge >= 0.3 is 11.9 Å². The molecule has 748 valence electrons. The first-order chi connectivity index (χ1) is 66.7. The Balaban J connectivity index is 0.950. The third-order valence-electron chi connectivity index (χ3n) is 23.3. The molecular weight excluding hydrogens is 1830 g/mol. The number of likely N-dealkylation sites (tertiary alicyclic amines) is 1. The van der Waals surface area contributed by atoms with E-state index in [-0.39, 0.29) is 85.7 Å². The number of aromatic amines is 2. The van der Waals surface area contributed by atoms with E-state index < -0.39 is 242 Å². The summed E-state index contributed by atoms with van der Waals surface area (Å²) in [5, 5.41) is 84.4. The molecule has 1 aliphatic heterocycles. The molecule has 16 amide bonds. The van der Waals surface area contributed by atoms with Gasteiger partial charge in [0, 0.05) is 72.8 Å². The number of carbonyl (C=O) groups is 18. The number of aromatic hydroxyl groups is 3. The molecule has 1 fully saturated rings. The van der Waals surface area contributed by atoms with Crippen molar-refractivity contribution < 1.29 is 112 Å². The summed E-state index contributed by atoms with van der Waals surface area (Å²) in [6, 6.07) is 15.8. The van der Waals surface area contributed by atoms with E-state index in [2.05, 4.69) is 79.1 Å². The molecule has 0 bridgehead atoms. The number of nitrogens with zero attached hydrogens (tertiary/aromatic N) is 1. The number of phenols is 3. The van der Waals surface area contributed by atoms with E-state index in [0.29, 0.717) is 63.3 Å². The molecule has 9 rings (SSSR count). The number of fused-ring (bicyclic) bond motifs is 2. The van der Waals surface area contributed by atoms with Crippen LogP contribution in [0.3, 0.4) is 0 Å². The van der Waals surface area contributed by atoms with Gasteiger partial charge in [-0.25, -0.2) is 0 Å². The van der Waals surface area contributed by atoms with Gasteiger partial charge in [0.05, 0.1) is 31.8 Å². The summed E-state index contributed by atoms with van der Waals surface area (Å²) in [7, 11) is 0. The molecule has 43 nitrogen and oxygen atoms in total. The highest BCUT2D eigenvalue weighted by Crippen LogP contribution is 2.26. The van der Waals surface area contributed by atoms with Gasteiger partial charge in [0.25, 0.3) is 0 Å². The lowest BCUT2D eigenvalue weighted by Gasteiger charge is -2.30. The minimum absolute atomic E-state index is 0.00927. The number of rotatable bonds is 54. The van der Waals surface area contributed by atoms with Crippen LogP contribution in [-0.2, 0) is 125 Å². The number of thioether (sulfide) groups is 1. The van der Waals surface area contributed by atoms with Crippen LogP contribution in [0.25, 0.3) is 21.8 Å². The lowest BCUT2D eigenvalue weighted by molar-refractivity contribution is -0.142. The van der Waals surface area contributed by atoms with Crippen molar-refractivity contribution in [2.24, 2.45) is 28.9 Å². The topological polar surface area (TPSA) is 704 Å². The van der Waals surface area contributed by atoms with E-state index in [9.17, 15) is 83.1 Å². The normalized spacial score (nSPS) is 15.1. The molecule has 28 N–H and O–H groups in total. The van der Waals surface area contributed by atoms with Crippen LogP contribution in [0.5, 0.6) is 17.2 Å². The van der Waals surface area contributed by atoms with Crippen LogP contribution in [0.2, 0.25) is 0 Å². The van der Waals surface area contributed by atoms with Crippen molar-refractivity contribution in [2.45, 2.75) is 202 Å². The maximum absolute atomic E-state index is 15.3. The Bertz CT molecular complexity index is 5730. The number of nitrogens with one attached hydrogen (secondary N) is 15. The average molecular weight is 1950 g/mol. The summed E-state index contributed by atoms with van der Waals surface area (Å²) in [6.07, 6.45) is 0.892. The van der Waals surface area contributed by atoms with Crippen LogP contribution in [0.1, 0.15) is 112 Å². The van der Waals surface area contributed by atoms with Crippen molar-refractivity contribution in [1.82, 2.24) is 84.0 Å². The van der Waals surface area contributed by atoms with Gasteiger partial charge in [-0.1, -0.05) is 117 Å². The third kappa shape index (κ3) is 32.9. The Morgan fingerprint density at radius 1 is 0.421 bits per heavy atom. The number of hydrogen-bond donors (Lipinski definition) is 24. The highest BCUT2D eigenvalue weighted by atomic mass is 32.2. The molecule has 140 heavy (non-hydrogen) atoms. The summed E-state index contributed by atoms with van der Waals surface area (Å²) in [5.74, 6) is -20.9. The van der Waals surface area contributed by atoms with Gasteiger partial charge in [0.2, 0.25) is 94.5 Å². The Morgan fingerprint density at radius 2 is 0.800 bits per heavy atom. The highest BCUT2D eigenvalue weighted by Gasteiger charge is 2.42. The zero-order chi connectivity index (χ0) is 102. The van der Waals surface area contributed by atoms with Crippen molar-refractivity contribution in [1.29, 1.82) is 0 Å². The lowest BCUT2D eigenvalue weighted by Crippen LogP contribution is -2.62. The zero-order valence-corrected chi connectivity index (χ0v) is 78.2. The smallest absolute Gasteiger partial charge is 0.325 e. The fraction of sp³-hybridized carbons (Fsp3) is 0.396. The van der Waals surface area contributed by atoms with Crippen molar-refractivity contribution >= 4 is 140 Å². The molecule has 8 aromatic rings. The molecule has 0 saturated carbocycles.